The van der Waals surface area contributed by atoms with E-state index in [-0.39, 0.29) is 0 Å². The van der Waals surface area contributed by atoms with Crippen LogP contribution in [0.1, 0.15) is 16.7 Å². The summed E-state index contributed by atoms with van der Waals surface area (Å²) in [4.78, 5) is 10.1. The first-order chi connectivity index (χ1) is 13.7. The number of rotatable bonds is 7. The molecule has 5 nitrogen and oxygen atoms in total. The molecular weight excluding hydrogens is 357 g/mol. The van der Waals surface area contributed by atoms with Crippen molar-refractivity contribution in [3.63, 3.8) is 0 Å². The topological polar surface area (TPSA) is 47.5 Å². The van der Waals surface area contributed by atoms with Gasteiger partial charge in [-0.05, 0) is 29.8 Å². The monoisotopic (exact) mass is 379 g/mol. The van der Waals surface area contributed by atoms with Gasteiger partial charge in [0.1, 0.15) is 6.61 Å². The third-order valence-electron chi connectivity index (χ3n) is 4.93. The summed E-state index contributed by atoms with van der Waals surface area (Å²) in [6, 6.07) is 13.2. The average molecular weight is 379 g/mol. The number of para-hydroxylation sites is 1. The molecule has 1 saturated heterocycles. The second-order valence-electron chi connectivity index (χ2n) is 6.94. The minimum Gasteiger partial charge on any atom is -0.493 e. The van der Waals surface area contributed by atoms with Crippen molar-refractivity contribution in [1.29, 1.82) is 0 Å². The van der Waals surface area contributed by atoms with Crippen LogP contribution in [0.25, 0.3) is 0 Å². The lowest BCUT2D eigenvalue weighted by molar-refractivity contribution is -0.0423. The van der Waals surface area contributed by atoms with Crippen LogP contribution in [0.5, 0.6) is 11.5 Å². The molecule has 0 saturated carbocycles. The Hall–Kier alpha value is -2.99. The second kappa shape index (κ2) is 7.94. The summed E-state index contributed by atoms with van der Waals surface area (Å²) < 4.78 is 26.6. The Balaban J connectivity index is 1.46. The SMILES string of the molecule is COc1cccc(CN2CC(F)(c3cccnc3)C2)c1OCc1ccncc1. The van der Waals surface area contributed by atoms with Crippen molar-refractivity contribution < 1.29 is 13.9 Å². The van der Waals surface area contributed by atoms with E-state index in [9.17, 15) is 0 Å². The quantitative estimate of drug-likeness (QED) is 0.626. The molecule has 0 spiro atoms. The average Bonchev–Trinajstić information content (AvgIpc) is 2.72. The summed E-state index contributed by atoms with van der Waals surface area (Å²) >= 11 is 0. The highest BCUT2D eigenvalue weighted by atomic mass is 19.1. The van der Waals surface area contributed by atoms with Crippen LogP contribution >= 0.6 is 0 Å². The predicted octanol–water partition coefficient (Wildman–Crippen LogP) is 3.74. The zero-order valence-electron chi connectivity index (χ0n) is 15.7. The van der Waals surface area contributed by atoms with Gasteiger partial charge < -0.3 is 9.47 Å². The first-order valence-electron chi connectivity index (χ1n) is 9.17. The Bertz CT molecular complexity index is 916. The van der Waals surface area contributed by atoms with Crippen LogP contribution in [0.3, 0.4) is 0 Å². The van der Waals surface area contributed by atoms with Crippen LogP contribution in [0.2, 0.25) is 0 Å². The third kappa shape index (κ3) is 3.82. The fraction of sp³-hybridized carbons (Fsp3) is 0.273. The number of hydrogen-bond donors (Lipinski definition) is 0. The lowest BCUT2D eigenvalue weighted by Gasteiger charge is -2.44. The highest BCUT2D eigenvalue weighted by Crippen LogP contribution is 2.39. The van der Waals surface area contributed by atoms with Gasteiger partial charge in [0.15, 0.2) is 17.2 Å². The molecule has 28 heavy (non-hydrogen) atoms. The molecule has 0 atom stereocenters. The maximum Gasteiger partial charge on any atom is 0.166 e. The highest BCUT2D eigenvalue weighted by Gasteiger charge is 2.45. The summed E-state index contributed by atoms with van der Waals surface area (Å²) in [7, 11) is 1.62. The molecule has 4 rings (SSSR count). The van der Waals surface area contributed by atoms with Crippen LogP contribution in [0, 0.1) is 0 Å². The number of halogens is 1. The molecule has 2 aromatic heterocycles. The number of hydrogen-bond acceptors (Lipinski definition) is 5. The van der Waals surface area contributed by atoms with Crippen molar-refractivity contribution in [2.45, 2.75) is 18.8 Å². The lowest BCUT2D eigenvalue weighted by Crippen LogP contribution is -2.56. The largest absolute Gasteiger partial charge is 0.493 e. The Morgan fingerprint density at radius 2 is 1.86 bits per heavy atom. The number of alkyl halides is 1. The van der Waals surface area contributed by atoms with Crippen molar-refractivity contribution >= 4 is 0 Å². The molecule has 6 heteroatoms. The standard InChI is InChI=1S/C22H22FN3O2/c1-27-20-6-2-4-18(21(20)28-14-17-7-10-24-11-8-17)13-26-15-22(23,16-26)19-5-3-9-25-12-19/h2-12H,13-16H2,1H3. The zero-order chi connectivity index (χ0) is 19.4. The summed E-state index contributed by atoms with van der Waals surface area (Å²) in [5.41, 5.74) is 1.29. The molecular formula is C22H22FN3O2. The number of aromatic nitrogens is 2. The number of methoxy groups -OCH3 is 1. The van der Waals surface area contributed by atoms with E-state index in [0.29, 0.717) is 43.3 Å². The van der Waals surface area contributed by atoms with Gasteiger partial charge in [-0.1, -0.05) is 18.2 Å². The molecule has 0 bridgehead atoms. The van der Waals surface area contributed by atoms with Gasteiger partial charge in [-0.2, -0.15) is 0 Å². The van der Waals surface area contributed by atoms with Gasteiger partial charge in [0, 0.05) is 55.5 Å². The maximum atomic E-state index is 15.1. The molecule has 0 N–H and O–H groups in total. The van der Waals surface area contributed by atoms with Crippen molar-refractivity contribution in [3.8, 4) is 11.5 Å². The predicted molar refractivity (Wildman–Crippen MR) is 104 cm³/mol. The molecule has 1 aliphatic rings. The van der Waals surface area contributed by atoms with Gasteiger partial charge in [-0.3, -0.25) is 14.9 Å². The van der Waals surface area contributed by atoms with E-state index in [1.165, 1.54) is 0 Å². The van der Waals surface area contributed by atoms with E-state index >= 15 is 4.39 Å². The number of likely N-dealkylation sites (tertiary alicyclic amines) is 1. The van der Waals surface area contributed by atoms with E-state index in [4.69, 9.17) is 9.47 Å². The minimum absolute atomic E-state index is 0.333. The minimum atomic E-state index is -1.34. The van der Waals surface area contributed by atoms with E-state index in [1.807, 2.05) is 30.3 Å². The number of pyridine rings is 2. The van der Waals surface area contributed by atoms with Gasteiger partial charge in [0.05, 0.1) is 7.11 Å². The number of ether oxygens (including phenoxy) is 2. The molecule has 1 fully saturated rings. The molecule has 144 valence electrons. The highest BCUT2D eigenvalue weighted by molar-refractivity contribution is 5.47. The van der Waals surface area contributed by atoms with Crippen molar-refractivity contribution in [2.75, 3.05) is 20.2 Å². The first-order valence-corrected chi connectivity index (χ1v) is 9.17. The molecule has 3 heterocycles. The normalized spacial score (nSPS) is 15.6. The van der Waals surface area contributed by atoms with E-state index in [2.05, 4.69) is 14.9 Å². The van der Waals surface area contributed by atoms with Crippen molar-refractivity contribution in [3.05, 3.63) is 83.9 Å². The van der Waals surface area contributed by atoms with E-state index in [0.717, 1.165) is 11.1 Å². The second-order valence-corrected chi connectivity index (χ2v) is 6.94. The molecule has 0 unspecified atom stereocenters. The molecule has 0 aliphatic carbocycles. The fourth-order valence-corrected chi connectivity index (χ4v) is 3.47. The number of nitrogens with zero attached hydrogens (tertiary/aromatic N) is 3. The number of benzene rings is 1. The third-order valence-corrected chi connectivity index (χ3v) is 4.93. The van der Waals surface area contributed by atoms with Gasteiger partial charge in [0.25, 0.3) is 0 Å². The summed E-state index contributed by atoms with van der Waals surface area (Å²) in [5.74, 6) is 1.37. The van der Waals surface area contributed by atoms with E-state index < -0.39 is 5.67 Å². The van der Waals surface area contributed by atoms with Crippen LogP contribution in [0.15, 0.2) is 67.3 Å². The van der Waals surface area contributed by atoms with Gasteiger partial charge >= 0.3 is 0 Å². The van der Waals surface area contributed by atoms with Crippen molar-refractivity contribution in [2.24, 2.45) is 0 Å². The zero-order valence-corrected chi connectivity index (χ0v) is 15.7. The Morgan fingerprint density at radius 1 is 1.04 bits per heavy atom. The molecule has 1 aliphatic heterocycles. The van der Waals surface area contributed by atoms with Crippen LogP contribution in [-0.2, 0) is 18.8 Å². The lowest BCUT2D eigenvalue weighted by atomic mass is 9.88. The van der Waals surface area contributed by atoms with E-state index in [1.54, 1.807) is 44.0 Å². The Morgan fingerprint density at radius 3 is 2.57 bits per heavy atom. The van der Waals surface area contributed by atoms with Crippen LogP contribution in [-0.4, -0.2) is 35.1 Å². The van der Waals surface area contributed by atoms with Crippen LogP contribution in [0.4, 0.5) is 4.39 Å². The fourth-order valence-electron chi connectivity index (χ4n) is 3.47. The van der Waals surface area contributed by atoms with Gasteiger partial charge in [-0.25, -0.2) is 4.39 Å². The van der Waals surface area contributed by atoms with Crippen LogP contribution < -0.4 is 9.47 Å². The summed E-state index contributed by atoms with van der Waals surface area (Å²) in [5, 5.41) is 0. The maximum absolute atomic E-state index is 15.1. The smallest absolute Gasteiger partial charge is 0.166 e. The van der Waals surface area contributed by atoms with Crippen molar-refractivity contribution in [1.82, 2.24) is 14.9 Å². The Kier molecular flexibility index (Phi) is 5.21. The summed E-state index contributed by atoms with van der Waals surface area (Å²) in [6.07, 6.45) is 6.74. The molecule has 0 radical (unpaired) electrons. The molecule has 0 amide bonds. The van der Waals surface area contributed by atoms with Gasteiger partial charge in [0.2, 0.25) is 0 Å². The summed E-state index contributed by atoms with van der Waals surface area (Å²) in [6.45, 7) is 1.67. The molecule has 1 aromatic carbocycles. The van der Waals surface area contributed by atoms with Gasteiger partial charge in [-0.15, -0.1) is 0 Å². The first kappa shape index (κ1) is 18.4. The molecule has 3 aromatic rings. The Labute approximate surface area is 163 Å².